The van der Waals surface area contributed by atoms with Gasteiger partial charge in [0.15, 0.2) is 6.61 Å². The van der Waals surface area contributed by atoms with Gasteiger partial charge in [0, 0.05) is 31.3 Å². The first-order valence-electron chi connectivity index (χ1n) is 8.85. The van der Waals surface area contributed by atoms with E-state index in [-0.39, 0.29) is 37.1 Å². The number of carbonyl (C=O) groups is 2. The molecule has 1 aromatic rings. The minimum atomic E-state index is -2.39. The molecule has 1 N–H and O–H groups in total. The average molecular weight is 398 g/mol. The summed E-state index contributed by atoms with van der Waals surface area (Å²) in [6.07, 6.45) is -1.31. The van der Waals surface area contributed by atoms with Crippen molar-refractivity contribution in [3.8, 4) is 5.75 Å². The Morgan fingerprint density at radius 1 is 1.36 bits per heavy atom. The molecule has 0 atom stereocenters. The summed E-state index contributed by atoms with van der Waals surface area (Å²) in [6.45, 7) is 0.0812. The number of alkyl halides is 2. The first-order chi connectivity index (χ1) is 13.3. The van der Waals surface area contributed by atoms with Crippen molar-refractivity contribution in [1.82, 2.24) is 10.2 Å². The summed E-state index contributed by atoms with van der Waals surface area (Å²) in [6, 6.07) is 3.69. The second-order valence-electron chi connectivity index (χ2n) is 6.71. The third-order valence-electron chi connectivity index (χ3n) is 4.75. The number of hydrogen-bond acceptors (Lipinski definition) is 6. The Bertz CT molecular complexity index is 768. The van der Waals surface area contributed by atoms with Crippen LogP contribution in [0.5, 0.6) is 5.75 Å². The normalized spacial score (nSPS) is 18.0. The van der Waals surface area contributed by atoms with Gasteiger partial charge < -0.3 is 10.1 Å². The molecule has 2 aliphatic heterocycles. The number of carbonyl (C=O) groups excluding carboxylic acids is 2. The summed E-state index contributed by atoms with van der Waals surface area (Å²) in [4.78, 5) is 37.8. The van der Waals surface area contributed by atoms with Gasteiger partial charge in [-0.25, -0.2) is 8.78 Å². The van der Waals surface area contributed by atoms with Gasteiger partial charge >= 0.3 is 0 Å². The summed E-state index contributed by atoms with van der Waals surface area (Å²) >= 11 is 0. The highest BCUT2D eigenvalue weighted by atomic mass is 19.3. The second kappa shape index (κ2) is 8.46. The fraction of sp³-hybridized carbons (Fsp3) is 0.529. The standard InChI is InChI=1S/C17H20F2N4O5/c18-15(19)8-21-5-3-11(4-6-21)20-16(24)9-22-13-7-12(23(26)27)1-2-14(13)28-10-17(22)25/h1-2,7,11,15H,3-6,8-10H2,(H,20,24). The Hall–Kier alpha value is -2.82. The number of rotatable bonds is 6. The lowest BCUT2D eigenvalue weighted by Crippen LogP contribution is -2.50. The average Bonchev–Trinajstić information content (AvgIpc) is 2.65. The molecule has 1 aromatic carbocycles. The van der Waals surface area contributed by atoms with E-state index in [0.717, 1.165) is 4.90 Å². The van der Waals surface area contributed by atoms with Crippen LogP contribution in [0.15, 0.2) is 18.2 Å². The van der Waals surface area contributed by atoms with Crippen molar-refractivity contribution in [2.75, 3.05) is 37.7 Å². The lowest BCUT2D eigenvalue weighted by atomic mass is 10.0. The Kier molecular flexibility index (Phi) is 6.02. The van der Waals surface area contributed by atoms with Crippen LogP contribution in [0.4, 0.5) is 20.2 Å². The van der Waals surface area contributed by atoms with Crippen molar-refractivity contribution in [1.29, 1.82) is 0 Å². The molecule has 1 fully saturated rings. The zero-order valence-corrected chi connectivity index (χ0v) is 15.0. The van der Waals surface area contributed by atoms with Crippen molar-refractivity contribution >= 4 is 23.2 Å². The van der Waals surface area contributed by atoms with Crippen LogP contribution >= 0.6 is 0 Å². The molecular weight excluding hydrogens is 378 g/mol. The van der Waals surface area contributed by atoms with Crippen LogP contribution in [0.2, 0.25) is 0 Å². The zero-order chi connectivity index (χ0) is 20.3. The van der Waals surface area contributed by atoms with Crippen molar-refractivity contribution < 1.29 is 28.0 Å². The molecule has 0 unspecified atom stereocenters. The number of fused-ring (bicyclic) bond motifs is 1. The number of nitrogens with zero attached hydrogens (tertiary/aromatic N) is 3. The molecule has 2 aliphatic rings. The van der Waals surface area contributed by atoms with Gasteiger partial charge in [0.2, 0.25) is 5.91 Å². The van der Waals surface area contributed by atoms with Crippen LogP contribution < -0.4 is 15.0 Å². The third kappa shape index (κ3) is 4.71. The molecule has 0 spiro atoms. The molecule has 9 nitrogen and oxygen atoms in total. The van der Waals surface area contributed by atoms with E-state index in [1.54, 1.807) is 4.90 Å². The molecule has 0 bridgehead atoms. The van der Waals surface area contributed by atoms with Crippen molar-refractivity contribution in [3.05, 3.63) is 28.3 Å². The molecule has 0 aromatic heterocycles. The lowest BCUT2D eigenvalue weighted by molar-refractivity contribution is -0.384. The molecule has 2 amide bonds. The predicted octanol–water partition coefficient (Wildman–Crippen LogP) is 1.17. The number of piperidine rings is 1. The first-order valence-corrected chi connectivity index (χ1v) is 8.85. The van der Waals surface area contributed by atoms with Gasteiger partial charge in [-0.05, 0) is 18.9 Å². The number of benzene rings is 1. The SMILES string of the molecule is O=C(CN1C(=O)COc2ccc([N+](=O)[O-])cc21)NC1CCN(CC(F)F)CC1. The predicted molar refractivity (Wildman–Crippen MR) is 94.6 cm³/mol. The molecule has 0 saturated carbocycles. The molecule has 1 saturated heterocycles. The largest absolute Gasteiger partial charge is 0.482 e. The minimum absolute atomic E-state index is 0.165. The molecule has 3 rings (SSSR count). The summed E-state index contributed by atoms with van der Waals surface area (Å²) in [5.74, 6) is -0.603. The van der Waals surface area contributed by atoms with Crippen molar-refractivity contribution in [2.24, 2.45) is 0 Å². The number of halogens is 2. The van der Waals surface area contributed by atoms with Gasteiger partial charge in [-0.1, -0.05) is 0 Å². The summed E-state index contributed by atoms with van der Waals surface area (Å²) in [5, 5.41) is 13.8. The molecule has 2 heterocycles. The smallest absolute Gasteiger partial charge is 0.271 e. The maximum atomic E-state index is 12.4. The van der Waals surface area contributed by atoms with Gasteiger partial charge in [-0.3, -0.25) is 29.5 Å². The molecule has 152 valence electrons. The van der Waals surface area contributed by atoms with Gasteiger partial charge in [0.25, 0.3) is 18.0 Å². The summed E-state index contributed by atoms with van der Waals surface area (Å²) in [5.41, 5.74) is -0.0405. The fourth-order valence-electron chi connectivity index (χ4n) is 3.35. The van der Waals surface area contributed by atoms with Crippen LogP contribution in [0.25, 0.3) is 0 Å². The number of nitro groups is 1. The van der Waals surface area contributed by atoms with Crippen molar-refractivity contribution in [2.45, 2.75) is 25.3 Å². The van der Waals surface area contributed by atoms with Gasteiger partial charge in [-0.15, -0.1) is 0 Å². The van der Waals surface area contributed by atoms with Crippen LogP contribution in [0.1, 0.15) is 12.8 Å². The highest BCUT2D eigenvalue weighted by Gasteiger charge is 2.30. The molecule has 28 heavy (non-hydrogen) atoms. The van der Waals surface area contributed by atoms with E-state index in [9.17, 15) is 28.5 Å². The van der Waals surface area contributed by atoms with E-state index in [4.69, 9.17) is 4.74 Å². The number of non-ortho nitro benzene ring substituents is 1. The van der Waals surface area contributed by atoms with E-state index in [1.165, 1.54) is 18.2 Å². The number of ether oxygens (including phenoxy) is 1. The fourth-order valence-corrected chi connectivity index (χ4v) is 3.35. The Morgan fingerprint density at radius 3 is 2.71 bits per heavy atom. The number of nitro benzene ring substituents is 1. The molecule has 11 heteroatoms. The van der Waals surface area contributed by atoms with Crippen LogP contribution in [0.3, 0.4) is 0 Å². The maximum absolute atomic E-state index is 12.4. The minimum Gasteiger partial charge on any atom is -0.482 e. The van der Waals surface area contributed by atoms with Gasteiger partial charge in [0.05, 0.1) is 17.2 Å². The van der Waals surface area contributed by atoms with Gasteiger partial charge in [-0.2, -0.15) is 0 Å². The lowest BCUT2D eigenvalue weighted by Gasteiger charge is -2.33. The molecule has 0 aliphatic carbocycles. The van der Waals surface area contributed by atoms with Gasteiger partial charge in [0.1, 0.15) is 12.3 Å². The zero-order valence-electron chi connectivity index (χ0n) is 15.0. The molecular formula is C17H20F2N4O5. The topological polar surface area (TPSA) is 105 Å². The van der Waals surface area contributed by atoms with Crippen LogP contribution in [-0.4, -0.2) is 66.9 Å². The van der Waals surface area contributed by atoms with E-state index < -0.39 is 23.2 Å². The number of nitrogens with one attached hydrogen (secondary N) is 1. The maximum Gasteiger partial charge on any atom is 0.271 e. The van der Waals surface area contributed by atoms with E-state index in [1.807, 2.05) is 0 Å². The quantitative estimate of drug-likeness (QED) is 0.570. The Morgan fingerprint density at radius 2 is 2.07 bits per heavy atom. The van der Waals surface area contributed by atoms with Crippen LogP contribution in [0, 0.1) is 10.1 Å². The van der Waals surface area contributed by atoms with Crippen molar-refractivity contribution in [3.63, 3.8) is 0 Å². The molecule has 0 radical (unpaired) electrons. The second-order valence-corrected chi connectivity index (χ2v) is 6.71. The first kappa shape index (κ1) is 19.9. The summed E-state index contributed by atoms with van der Waals surface area (Å²) in [7, 11) is 0. The Balaban J connectivity index is 1.61. The highest BCUT2D eigenvalue weighted by Crippen LogP contribution is 2.35. The highest BCUT2D eigenvalue weighted by molar-refractivity contribution is 6.02. The van der Waals surface area contributed by atoms with E-state index in [0.29, 0.717) is 31.7 Å². The summed E-state index contributed by atoms with van der Waals surface area (Å²) < 4.78 is 30.1. The third-order valence-corrected chi connectivity index (χ3v) is 4.75. The monoisotopic (exact) mass is 398 g/mol. The number of amides is 2. The number of anilines is 1. The van der Waals surface area contributed by atoms with E-state index in [2.05, 4.69) is 5.32 Å². The number of likely N-dealkylation sites (tertiary alicyclic amines) is 1. The van der Waals surface area contributed by atoms with Crippen LogP contribution in [-0.2, 0) is 9.59 Å². The van der Waals surface area contributed by atoms with E-state index >= 15 is 0 Å². The number of hydrogen-bond donors (Lipinski definition) is 1. The Labute approximate surface area is 159 Å².